The minimum absolute atomic E-state index is 0.00200. The third-order valence-corrected chi connectivity index (χ3v) is 7.03. The first-order chi connectivity index (χ1) is 15.5. The first-order valence-corrected chi connectivity index (χ1v) is 12.0. The second-order valence-corrected chi connectivity index (χ2v) is 9.53. The Kier molecular flexibility index (Phi) is 6.70. The Labute approximate surface area is 193 Å². The fraction of sp³-hybridized carbons (Fsp3) is 0.346. The number of carbonyl (C=O) groups is 2. The summed E-state index contributed by atoms with van der Waals surface area (Å²) in [4.78, 5) is 34.7. The van der Waals surface area contributed by atoms with Gasteiger partial charge in [-0.2, -0.15) is 4.99 Å². The average Bonchev–Trinajstić information content (AvgIpc) is 3.11. The summed E-state index contributed by atoms with van der Waals surface area (Å²) in [6.45, 7) is 6.14. The molecule has 0 radical (unpaired) electrons. The number of para-hydroxylation sites is 1. The SMILES string of the molecule is Cc1ccccc1C(=O)N=c1sc2c(n1CC(=O)N(c1ccccc1)C(C)C)CCCC2. The van der Waals surface area contributed by atoms with Crippen LogP contribution in [0.3, 0.4) is 0 Å². The number of thiazole rings is 1. The van der Waals surface area contributed by atoms with Crippen molar-refractivity contribution >= 4 is 28.8 Å². The highest BCUT2D eigenvalue weighted by Crippen LogP contribution is 2.25. The number of aryl methyl sites for hydroxylation is 2. The zero-order chi connectivity index (χ0) is 22.7. The number of nitrogens with zero attached hydrogens (tertiary/aromatic N) is 3. The Morgan fingerprint density at radius 3 is 2.44 bits per heavy atom. The highest BCUT2D eigenvalue weighted by molar-refractivity contribution is 7.09. The number of benzene rings is 2. The Balaban J connectivity index is 1.73. The summed E-state index contributed by atoms with van der Waals surface area (Å²) >= 11 is 1.55. The van der Waals surface area contributed by atoms with E-state index in [2.05, 4.69) is 4.99 Å². The maximum Gasteiger partial charge on any atom is 0.279 e. The number of aromatic nitrogens is 1. The Hall–Kier alpha value is -2.99. The van der Waals surface area contributed by atoms with E-state index in [1.807, 2.05) is 78.8 Å². The van der Waals surface area contributed by atoms with Crippen molar-refractivity contribution < 1.29 is 9.59 Å². The lowest BCUT2D eigenvalue weighted by atomic mass is 10.0. The molecule has 0 bridgehead atoms. The molecule has 5 nitrogen and oxygen atoms in total. The van der Waals surface area contributed by atoms with Crippen LogP contribution in [0.1, 0.15) is 53.2 Å². The number of carbonyl (C=O) groups excluding carboxylic acids is 2. The fourth-order valence-corrected chi connectivity index (χ4v) is 5.48. The van der Waals surface area contributed by atoms with Gasteiger partial charge in [0.15, 0.2) is 4.80 Å². The van der Waals surface area contributed by atoms with Gasteiger partial charge in [0.05, 0.1) is 0 Å². The number of rotatable bonds is 5. The zero-order valence-corrected chi connectivity index (χ0v) is 19.7. The maximum absolute atomic E-state index is 13.5. The van der Waals surface area contributed by atoms with Crippen molar-refractivity contribution in [3.63, 3.8) is 0 Å². The van der Waals surface area contributed by atoms with Gasteiger partial charge in [-0.05, 0) is 70.2 Å². The average molecular weight is 448 g/mol. The molecular weight excluding hydrogens is 418 g/mol. The van der Waals surface area contributed by atoms with Crippen LogP contribution < -0.4 is 9.70 Å². The van der Waals surface area contributed by atoms with Crippen LogP contribution in [0.5, 0.6) is 0 Å². The first kappa shape index (κ1) is 22.2. The highest BCUT2D eigenvalue weighted by atomic mass is 32.1. The van der Waals surface area contributed by atoms with Crippen LogP contribution >= 0.6 is 11.3 Å². The number of amides is 2. The predicted molar refractivity (Wildman–Crippen MR) is 129 cm³/mol. The van der Waals surface area contributed by atoms with E-state index in [1.54, 1.807) is 17.4 Å². The zero-order valence-electron chi connectivity index (χ0n) is 18.9. The molecule has 1 aliphatic carbocycles. The van der Waals surface area contributed by atoms with Crippen LogP contribution in [0.4, 0.5) is 5.69 Å². The Morgan fingerprint density at radius 1 is 1.03 bits per heavy atom. The molecule has 32 heavy (non-hydrogen) atoms. The van der Waals surface area contributed by atoms with Crippen molar-refractivity contribution in [3.05, 3.63) is 81.1 Å². The van der Waals surface area contributed by atoms with Crippen LogP contribution in [-0.2, 0) is 24.2 Å². The lowest BCUT2D eigenvalue weighted by Gasteiger charge is -2.27. The van der Waals surface area contributed by atoms with Crippen LogP contribution in [-0.4, -0.2) is 22.4 Å². The van der Waals surface area contributed by atoms with E-state index in [4.69, 9.17) is 0 Å². The van der Waals surface area contributed by atoms with Gasteiger partial charge in [0.2, 0.25) is 5.91 Å². The summed E-state index contributed by atoms with van der Waals surface area (Å²) in [7, 11) is 0. The molecule has 0 spiro atoms. The largest absolute Gasteiger partial charge is 0.311 e. The summed E-state index contributed by atoms with van der Waals surface area (Å²) in [5.41, 5.74) is 3.54. The third-order valence-electron chi connectivity index (χ3n) is 5.85. The van der Waals surface area contributed by atoms with Gasteiger partial charge in [-0.3, -0.25) is 9.59 Å². The van der Waals surface area contributed by atoms with Gasteiger partial charge < -0.3 is 9.47 Å². The third kappa shape index (κ3) is 4.60. The minimum atomic E-state index is -0.258. The Bertz CT molecular complexity index is 1190. The van der Waals surface area contributed by atoms with Gasteiger partial charge in [-0.15, -0.1) is 11.3 Å². The van der Waals surface area contributed by atoms with Gasteiger partial charge in [0.25, 0.3) is 5.91 Å². The highest BCUT2D eigenvalue weighted by Gasteiger charge is 2.24. The van der Waals surface area contributed by atoms with E-state index in [1.165, 1.54) is 4.88 Å². The lowest BCUT2D eigenvalue weighted by Crippen LogP contribution is -2.41. The predicted octanol–water partition coefficient (Wildman–Crippen LogP) is 4.92. The molecular formula is C26H29N3O2S. The molecule has 0 N–H and O–H groups in total. The molecule has 0 unspecified atom stereocenters. The molecule has 1 heterocycles. The second-order valence-electron chi connectivity index (χ2n) is 8.47. The molecule has 2 amide bonds. The van der Waals surface area contributed by atoms with Crippen molar-refractivity contribution in [1.29, 1.82) is 0 Å². The van der Waals surface area contributed by atoms with Crippen LogP contribution in [0.25, 0.3) is 0 Å². The van der Waals surface area contributed by atoms with Crippen molar-refractivity contribution in [3.8, 4) is 0 Å². The second kappa shape index (κ2) is 9.65. The molecule has 0 saturated heterocycles. The molecule has 1 aliphatic rings. The van der Waals surface area contributed by atoms with Crippen molar-refractivity contribution in [1.82, 2.24) is 4.57 Å². The van der Waals surface area contributed by atoms with E-state index >= 15 is 0 Å². The molecule has 1 aromatic heterocycles. The first-order valence-electron chi connectivity index (χ1n) is 11.2. The number of hydrogen-bond donors (Lipinski definition) is 0. The molecule has 2 aromatic carbocycles. The minimum Gasteiger partial charge on any atom is -0.311 e. The molecule has 3 aromatic rings. The van der Waals surface area contributed by atoms with Gasteiger partial charge in [-0.1, -0.05) is 36.4 Å². The Morgan fingerprint density at radius 2 is 1.72 bits per heavy atom. The number of fused-ring (bicyclic) bond motifs is 1. The van der Waals surface area contributed by atoms with Crippen molar-refractivity contribution in [2.75, 3.05) is 4.90 Å². The lowest BCUT2D eigenvalue weighted by molar-refractivity contribution is -0.119. The van der Waals surface area contributed by atoms with Gasteiger partial charge >= 0.3 is 0 Å². The fourth-order valence-electron chi connectivity index (χ4n) is 4.27. The summed E-state index contributed by atoms with van der Waals surface area (Å²) in [6.07, 6.45) is 4.12. The monoisotopic (exact) mass is 447 g/mol. The van der Waals surface area contributed by atoms with E-state index < -0.39 is 0 Å². The smallest absolute Gasteiger partial charge is 0.279 e. The van der Waals surface area contributed by atoms with E-state index in [0.29, 0.717) is 10.4 Å². The molecule has 166 valence electrons. The van der Waals surface area contributed by atoms with Crippen molar-refractivity contribution in [2.24, 2.45) is 4.99 Å². The quantitative estimate of drug-likeness (QED) is 0.557. The molecule has 0 aliphatic heterocycles. The molecule has 0 fully saturated rings. The van der Waals surface area contributed by atoms with E-state index in [9.17, 15) is 9.59 Å². The summed E-state index contributed by atoms with van der Waals surface area (Å²) in [5, 5.41) is 0. The molecule has 0 atom stereocenters. The van der Waals surface area contributed by atoms with Gasteiger partial charge in [0.1, 0.15) is 6.54 Å². The van der Waals surface area contributed by atoms with Gasteiger partial charge in [-0.25, -0.2) is 0 Å². The van der Waals surface area contributed by atoms with E-state index in [0.717, 1.165) is 42.6 Å². The molecule has 0 saturated carbocycles. The molecule has 4 rings (SSSR count). The normalized spacial score (nSPS) is 13.8. The van der Waals surface area contributed by atoms with Crippen LogP contribution in [0.15, 0.2) is 59.6 Å². The number of anilines is 1. The maximum atomic E-state index is 13.5. The van der Waals surface area contributed by atoms with Crippen molar-refractivity contribution in [2.45, 2.75) is 59.0 Å². The van der Waals surface area contributed by atoms with Crippen LogP contribution in [0.2, 0.25) is 0 Å². The summed E-state index contributed by atoms with van der Waals surface area (Å²) in [6, 6.07) is 17.3. The van der Waals surface area contributed by atoms with Crippen LogP contribution in [0, 0.1) is 6.92 Å². The summed E-state index contributed by atoms with van der Waals surface area (Å²) < 4.78 is 1.98. The molecule has 6 heteroatoms. The topological polar surface area (TPSA) is 54.7 Å². The number of hydrogen-bond acceptors (Lipinski definition) is 3. The summed E-state index contributed by atoms with van der Waals surface area (Å²) in [5.74, 6) is -0.256. The van der Waals surface area contributed by atoms with Gasteiger partial charge in [0, 0.05) is 27.9 Å². The standard InChI is InChI=1S/C26H29N3O2S/c1-18(2)29(20-12-5-4-6-13-20)24(30)17-28-22-15-9-10-16-23(22)32-26(28)27-25(31)21-14-8-7-11-19(21)3/h4-8,11-14,18H,9-10,15-17H2,1-3H3. The van der Waals surface area contributed by atoms with E-state index in [-0.39, 0.29) is 24.4 Å².